The Morgan fingerprint density at radius 3 is 2.57 bits per heavy atom. The lowest BCUT2D eigenvalue weighted by molar-refractivity contribution is -0.121. The van der Waals surface area contributed by atoms with Gasteiger partial charge in [0.25, 0.3) is 0 Å². The minimum atomic E-state index is -0.403. The van der Waals surface area contributed by atoms with Gasteiger partial charge in [0.2, 0.25) is 11.8 Å². The van der Waals surface area contributed by atoms with Crippen molar-refractivity contribution in [2.45, 2.75) is 32.7 Å². The molecule has 0 rings (SSSR count). The Kier molecular flexibility index (Phi) is 6.74. The number of nitrogens with one attached hydrogen (secondary N) is 2. The first-order valence-corrected chi connectivity index (χ1v) is 4.84. The van der Waals surface area contributed by atoms with E-state index in [0.29, 0.717) is 0 Å². The van der Waals surface area contributed by atoms with E-state index in [-0.39, 0.29) is 24.9 Å². The molecule has 4 N–H and O–H groups in total. The molecule has 0 aromatic carbocycles. The lowest BCUT2D eigenvalue weighted by atomic mass is 10.2. The third-order valence-electron chi connectivity index (χ3n) is 1.63. The summed E-state index contributed by atoms with van der Waals surface area (Å²) in [6.45, 7) is 4.89. The molecule has 0 fully saturated rings. The van der Waals surface area contributed by atoms with Gasteiger partial charge in [0.1, 0.15) is 0 Å². The summed E-state index contributed by atoms with van der Waals surface area (Å²) in [5, 5.41) is 5.63. The summed E-state index contributed by atoms with van der Waals surface area (Å²) >= 11 is 0. The van der Waals surface area contributed by atoms with Crippen LogP contribution in [0.25, 0.3) is 0 Å². The molecule has 0 heterocycles. The number of carbonyl (C=O) groups is 2. The average molecular weight is 201 g/mol. The van der Waals surface area contributed by atoms with Crippen LogP contribution in [0.1, 0.15) is 26.7 Å². The number of hydrogen-bond acceptors (Lipinski definition) is 3. The molecule has 1 unspecified atom stereocenters. The van der Waals surface area contributed by atoms with Crippen LogP contribution < -0.4 is 16.4 Å². The molecule has 0 saturated carbocycles. The van der Waals surface area contributed by atoms with E-state index < -0.39 is 5.91 Å². The van der Waals surface area contributed by atoms with Crippen molar-refractivity contribution >= 4 is 11.8 Å². The van der Waals surface area contributed by atoms with E-state index in [2.05, 4.69) is 10.6 Å². The first-order valence-electron chi connectivity index (χ1n) is 4.84. The number of carbonyl (C=O) groups excluding carboxylic acids is 2. The Labute approximate surface area is 84.4 Å². The highest BCUT2D eigenvalue weighted by atomic mass is 16.2. The lowest BCUT2D eigenvalue weighted by Crippen LogP contribution is -2.40. The van der Waals surface area contributed by atoms with Crippen LogP contribution in [-0.2, 0) is 9.59 Å². The predicted molar refractivity (Wildman–Crippen MR) is 54.6 cm³/mol. The number of amides is 2. The van der Waals surface area contributed by atoms with Crippen LogP contribution in [0.2, 0.25) is 0 Å². The first kappa shape index (κ1) is 12.9. The van der Waals surface area contributed by atoms with Crippen molar-refractivity contribution in [1.82, 2.24) is 10.6 Å². The summed E-state index contributed by atoms with van der Waals surface area (Å²) < 4.78 is 0. The molecule has 5 heteroatoms. The van der Waals surface area contributed by atoms with E-state index >= 15 is 0 Å². The van der Waals surface area contributed by atoms with Gasteiger partial charge in [0.05, 0.1) is 6.54 Å². The number of rotatable bonds is 7. The number of hydrogen-bond donors (Lipinski definition) is 3. The lowest BCUT2D eigenvalue weighted by Gasteiger charge is -2.11. The van der Waals surface area contributed by atoms with Gasteiger partial charge in [-0.05, 0) is 19.9 Å². The summed E-state index contributed by atoms with van der Waals surface area (Å²) in [5.74, 6) is -0.508. The fraction of sp³-hybridized carbons (Fsp3) is 0.778. The van der Waals surface area contributed by atoms with Gasteiger partial charge in [-0.2, -0.15) is 0 Å². The first-order chi connectivity index (χ1) is 6.56. The van der Waals surface area contributed by atoms with Crippen molar-refractivity contribution in [2.75, 3.05) is 13.1 Å². The molecule has 82 valence electrons. The Balaban J connectivity index is 3.55. The summed E-state index contributed by atoms with van der Waals surface area (Å²) in [6.07, 6.45) is 1.17. The van der Waals surface area contributed by atoms with Crippen LogP contribution in [0.4, 0.5) is 0 Å². The molecule has 5 nitrogen and oxygen atoms in total. The quantitative estimate of drug-likeness (QED) is 0.479. The predicted octanol–water partition coefficient (Wildman–Crippen LogP) is -0.634. The Hall–Kier alpha value is -1.10. The van der Waals surface area contributed by atoms with E-state index in [4.69, 9.17) is 5.73 Å². The molecule has 14 heavy (non-hydrogen) atoms. The van der Waals surface area contributed by atoms with E-state index in [9.17, 15) is 9.59 Å². The second-order valence-corrected chi connectivity index (χ2v) is 3.32. The fourth-order valence-electron chi connectivity index (χ4n) is 1.06. The van der Waals surface area contributed by atoms with Crippen molar-refractivity contribution in [3.05, 3.63) is 0 Å². The van der Waals surface area contributed by atoms with Crippen LogP contribution in [-0.4, -0.2) is 30.9 Å². The molecule has 0 aromatic rings. The van der Waals surface area contributed by atoms with E-state index in [1.54, 1.807) is 6.92 Å². The minimum Gasteiger partial charge on any atom is -0.370 e. The standard InChI is InChI=1S/C9H19N3O2/c1-3-4-11-6-9(14)12-7(2)5-8(10)13/h7,11H,3-6H2,1-2H3,(H2,10,13)(H,12,14). The Morgan fingerprint density at radius 2 is 2.07 bits per heavy atom. The van der Waals surface area contributed by atoms with Crippen molar-refractivity contribution in [2.24, 2.45) is 5.73 Å². The van der Waals surface area contributed by atoms with E-state index in [1.807, 2.05) is 6.92 Å². The normalized spacial score (nSPS) is 12.1. The molecule has 0 aliphatic carbocycles. The largest absolute Gasteiger partial charge is 0.370 e. The SMILES string of the molecule is CCCNCC(=O)NC(C)CC(N)=O. The zero-order valence-corrected chi connectivity index (χ0v) is 8.80. The van der Waals surface area contributed by atoms with Gasteiger partial charge in [0.15, 0.2) is 0 Å². The Bertz CT molecular complexity index is 194. The second kappa shape index (κ2) is 7.32. The molecule has 2 amide bonds. The maximum Gasteiger partial charge on any atom is 0.234 e. The highest BCUT2D eigenvalue weighted by Crippen LogP contribution is 1.87. The third-order valence-corrected chi connectivity index (χ3v) is 1.63. The topological polar surface area (TPSA) is 84.2 Å². The van der Waals surface area contributed by atoms with Gasteiger partial charge >= 0.3 is 0 Å². The summed E-state index contributed by atoms with van der Waals surface area (Å²) in [5.41, 5.74) is 4.98. The smallest absolute Gasteiger partial charge is 0.234 e. The molecule has 0 aliphatic heterocycles. The average Bonchev–Trinajstić information content (AvgIpc) is 2.02. The highest BCUT2D eigenvalue weighted by Gasteiger charge is 2.08. The van der Waals surface area contributed by atoms with E-state index in [0.717, 1.165) is 13.0 Å². The monoisotopic (exact) mass is 201 g/mol. The van der Waals surface area contributed by atoms with Crippen LogP contribution in [0, 0.1) is 0 Å². The molecule has 0 radical (unpaired) electrons. The summed E-state index contributed by atoms with van der Waals surface area (Å²) in [7, 11) is 0. The maximum atomic E-state index is 11.2. The molecular formula is C9H19N3O2. The number of primary amides is 1. The van der Waals surface area contributed by atoms with Crippen LogP contribution in [0.3, 0.4) is 0 Å². The van der Waals surface area contributed by atoms with Crippen LogP contribution >= 0.6 is 0 Å². The third kappa shape index (κ3) is 7.54. The van der Waals surface area contributed by atoms with Crippen LogP contribution in [0.15, 0.2) is 0 Å². The van der Waals surface area contributed by atoms with Crippen molar-refractivity contribution in [3.8, 4) is 0 Å². The van der Waals surface area contributed by atoms with Gasteiger partial charge in [-0.1, -0.05) is 6.92 Å². The molecule has 0 spiro atoms. The van der Waals surface area contributed by atoms with Gasteiger partial charge < -0.3 is 16.4 Å². The van der Waals surface area contributed by atoms with Gasteiger partial charge in [0, 0.05) is 12.5 Å². The summed E-state index contributed by atoms with van der Waals surface area (Å²) in [4.78, 5) is 21.7. The zero-order valence-electron chi connectivity index (χ0n) is 8.80. The molecule has 0 aromatic heterocycles. The highest BCUT2D eigenvalue weighted by molar-refractivity contribution is 5.80. The molecule has 0 aliphatic rings. The minimum absolute atomic E-state index is 0.104. The van der Waals surface area contributed by atoms with E-state index in [1.165, 1.54) is 0 Å². The van der Waals surface area contributed by atoms with Gasteiger partial charge in [-0.3, -0.25) is 9.59 Å². The van der Waals surface area contributed by atoms with Crippen molar-refractivity contribution in [3.63, 3.8) is 0 Å². The molecular weight excluding hydrogens is 182 g/mol. The van der Waals surface area contributed by atoms with Gasteiger partial charge in [-0.15, -0.1) is 0 Å². The second-order valence-electron chi connectivity index (χ2n) is 3.32. The fourth-order valence-corrected chi connectivity index (χ4v) is 1.06. The van der Waals surface area contributed by atoms with Gasteiger partial charge in [-0.25, -0.2) is 0 Å². The molecule has 1 atom stereocenters. The molecule has 0 saturated heterocycles. The van der Waals surface area contributed by atoms with Crippen LogP contribution in [0.5, 0.6) is 0 Å². The Morgan fingerprint density at radius 1 is 1.43 bits per heavy atom. The van der Waals surface area contributed by atoms with Crippen molar-refractivity contribution in [1.29, 1.82) is 0 Å². The summed E-state index contributed by atoms with van der Waals surface area (Å²) in [6, 6.07) is -0.191. The number of nitrogens with two attached hydrogens (primary N) is 1. The molecule has 0 bridgehead atoms. The maximum absolute atomic E-state index is 11.2. The van der Waals surface area contributed by atoms with Crippen molar-refractivity contribution < 1.29 is 9.59 Å². The zero-order chi connectivity index (χ0) is 11.0.